The molecule has 0 radical (unpaired) electrons. The van der Waals surface area contributed by atoms with Gasteiger partial charge in [0.15, 0.2) is 0 Å². The molecule has 2 aromatic rings. The summed E-state index contributed by atoms with van der Waals surface area (Å²) in [6, 6.07) is 13.7. The molecule has 0 saturated carbocycles. The van der Waals surface area contributed by atoms with Crippen LogP contribution < -0.4 is 10.1 Å². The number of rotatable bonds is 3. The predicted octanol–water partition coefficient (Wildman–Crippen LogP) is 2.96. The van der Waals surface area contributed by atoms with Crippen LogP contribution in [-0.4, -0.2) is 22.7 Å². The van der Waals surface area contributed by atoms with Gasteiger partial charge in [-0.05, 0) is 24.1 Å². The fourth-order valence-electron chi connectivity index (χ4n) is 2.64. The van der Waals surface area contributed by atoms with Crippen LogP contribution in [0.4, 0.5) is 4.79 Å². The summed E-state index contributed by atoms with van der Waals surface area (Å²) in [4.78, 5) is 15.1. The largest absolute Gasteiger partial charge is 0.484 e. The van der Waals surface area contributed by atoms with Gasteiger partial charge in [-0.15, -0.1) is 0 Å². The normalized spacial score (nSPS) is 20.2. The number of pyridine rings is 1. The molecular formula is C16H16N2O3. The highest BCUT2D eigenvalue weighted by molar-refractivity contribution is 5.64. The number of carbonyl (C=O) groups is 1. The number of ether oxygens (including phenoxy) is 1. The van der Waals surface area contributed by atoms with Crippen molar-refractivity contribution < 1.29 is 14.6 Å². The van der Waals surface area contributed by atoms with E-state index >= 15 is 0 Å². The molecule has 0 spiro atoms. The Morgan fingerprint density at radius 1 is 1.29 bits per heavy atom. The van der Waals surface area contributed by atoms with Crippen LogP contribution in [0, 0.1) is 0 Å². The molecule has 3 rings (SSSR count). The molecule has 0 unspecified atom stereocenters. The van der Waals surface area contributed by atoms with Crippen molar-refractivity contribution in [2.24, 2.45) is 0 Å². The van der Waals surface area contributed by atoms with Gasteiger partial charge < -0.3 is 15.2 Å². The van der Waals surface area contributed by atoms with E-state index < -0.39 is 6.09 Å². The van der Waals surface area contributed by atoms with Crippen molar-refractivity contribution in [3.8, 4) is 5.75 Å². The zero-order valence-electron chi connectivity index (χ0n) is 11.4. The second-order valence-corrected chi connectivity index (χ2v) is 5.02. The lowest BCUT2D eigenvalue weighted by Gasteiger charge is -2.31. The number of amides is 1. The molecule has 1 aliphatic heterocycles. The maximum absolute atomic E-state index is 10.7. The third-order valence-electron chi connectivity index (χ3n) is 3.63. The second-order valence-electron chi connectivity index (χ2n) is 5.02. The minimum Gasteiger partial charge on any atom is -0.484 e. The first-order valence-electron chi connectivity index (χ1n) is 6.87. The number of carboxylic acid groups (broad SMARTS) is 1. The monoisotopic (exact) mass is 284 g/mol. The Morgan fingerprint density at radius 3 is 2.86 bits per heavy atom. The summed E-state index contributed by atoms with van der Waals surface area (Å²) in [7, 11) is 0. The van der Waals surface area contributed by atoms with Crippen molar-refractivity contribution in [2.45, 2.75) is 18.4 Å². The Labute approximate surface area is 122 Å². The average molecular weight is 284 g/mol. The summed E-state index contributed by atoms with van der Waals surface area (Å²) in [5.74, 6) is 0.742. The molecule has 0 saturated heterocycles. The van der Waals surface area contributed by atoms with E-state index in [9.17, 15) is 4.79 Å². The van der Waals surface area contributed by atoms with Crippen LogP contribution in [0.25, 0.3) is 0 Å². The number of fused-ring (bicyclic) bond motifs is 1. The van der Waals surface area contributed by atoms with Crippen LogP contribution in [0.3, 0.4) is 0 Å². The summed E-state index contributed by atoms with van der Waals surface area (Å²) < 4.78 is 6.02. The lowest BCUT2D eigenvalue weighted by molar-refractivity contribution is 0.153. The number of hydrogen-bond acceptors (Lipinski definition) is 3. The SMILES string of the molecule is O=C(O)NC[C@@H]1C[C@@H](c2ccccc2)Oc2cccnc21. The maximum Gasteiger partial charge on any atom is 0.404 e. The Bertz CT molecular complexity index is 630. The average Bonchev–Trinajstić information content (AvgIpc) is 2.53. The molecule has 21 heavy (non-hydrogen) atoms. The molecule has 1 aliphatic rings. The van der Waals surface area contributed by atoms with Gasteiger partial charge in [0.1, 0.15) is 11.9 Å². The van der Waals surface area contributed by atoms with Crippen molar-refractivity contribution in [2.75, 3.05) is 6.54 Å². The second kappa shape index (κ2) is 5.83. The molecule has 0 bridgehead atoms. The summed E-state index contributed by atoms with van der Waals surface area (Å²) in [5, 5.41) is 11.3. The molecule has 1 aromatic carbocycles. The fraction of sp³-hybridized carbons (Fsp3) is 0.250. The van der Waals surface area contributed by atoms with Gasteiger partial charge in [-0.2, -0.15) is 0 Å². The zero-order chi connectivity index (χ0) is 14.7. The first kappa shape index (κ1) is 13.4. The Morgan fingerprint density at radius 2 is 2.10 bits per heavy atom. The van der Waals surface area contributed by atoms with Gasteiger partial charge in [0.05, 0.1) is 5.69 Å². The van der Waals surface area contributed by atoms with Crippen molar-refractivity contribution in [3.05, 3.63) is 59.9 Å². The number of benzene rings is 1. The van der Waals surface area contributed by atoms with E-state index in [-0.39, 0.29) is 12.0 Å². The third kappa shape index (κ3) is 2.97. The minimum absolute atomic E-state index is 0.0104. The molecule has 2 heterocycles. The first-order valence-corrected chi connectivity index (χ1v) is 6.87. The van der Waals surface area contributed by atoms with Gasteiger partial charge in [-0.3, -0.25) is 4.98 Å². The predicted molar refractivity (Wildman–Crippen MR) is 77.4 cm³/mol. The highest BCUT2D eigenvalue weighted by atomic mass is 16.5. The number of aromatic nitrogens is 1. The maximum atomic E-state index is 10.7. The van der Waals surface area contributed by atoms with Gasteiger partial charge in [0, 0.05) is 18.7 Å². The molecule has 1 aromatic heterocycles. The lowest BCUT2D eigenvalue weighted by Crippen LogP contribution is -2.31. The van der Waals surface area contributed by atoms with Crippen molar-refractivity contribution in [3.63, 3.8) is 0 Å². The lowest BCUT2D eigenvalue weighted by atomic mass is 9.90. The Kier molecular flexibility index (Phi) is 3.73. The standard InChI is InChI=1S/C16H16N2O3/c19-16(20)18-10-12-9-14(11-5-2-1-3-6-11)21-13-7-4-8-17-15(12)13/h1-8,12,14,18H,9-10H2,(H,19,20)/t12-,14-/m0/s1. The summed E-state index contributed by atoms with van der Waals surface area (Å²) in [6.07, 6.45) is 1.31. The number of hydrogen-bond donors (Lipinski definition) is 2. The van der Waals surface area contributed by atoms with Gasteiger partial charge in [0.2, 0.25) is 0 Å². The van der Waals surface area contributed by atoms with Crippen molar-refractivity contribution in [1.29, 1.82) is 0 Å². The van der Waals surface area contributed by atoms with E-state index in [4.69, 9.17) is 9.84 Å². The quantitative estimate of drug-likeness (QED) is 0.909. The van der Waals surface area contributed by atoms with Crippen LogP contribution in [0.5, 0.6) is 5.75 Å². The molecule has 0 aliphatic carbocycles. The summed E-state index contributed by atoms with van der Waals surface area (Å²) in [6.45, 7) is 0.339. The highest BCUT2D eigenvalue weighted by Crippen LogP contribution is 2.40. The summed E-state index contributed by atoms with van der Waals surface area (Å²) >= 11 is 0. The summed E-state index contributed by atoms with van der Waals surface area (Å²) in [5.41, 5.74) is 1.91. The van der Waals surface area contributed by atoms with Gasteiger partial charge >= 0.3 is 6.09 Å². The van der Waals surface area contributed by atoms with Crippen LogP contribution in [0.2, 0.25) is 0 Å². The molecule has 5 nitrogen and oxygen atoms in total. The molecule has 2 atom stereocenters. The molecule has 5 heteroatoms. The van der Waals surface area contributed by atoms with E-state index in [0.29, 0.717) is 13.0 Å². The van der Waals surface area contributed by atoms with E-state index in [1.165, 1.54) is 0 Å². The van der Waals surface area contributed by atoms with Crippen LogP contribution in [-0.2, 0) is 0 Å². The van der Waals surface area contributed by atoms with Crippen LogP contribution in [0.15, 0.2) is 48.7 Å². The molecular weight excluding hydrogens is 268 g/mol. The van der Waals surface area contributed by atoms with Gasteiger partial charge in [-0.25, -0.2) is 4.79 Å². The molecule has 1 amide bonds. The highest BCUT2D eigenvalue weighted by Gasteiger charge is 2.30. The molecule has 108 valence electrons. The van der Waals surface area contributed by atoms with Crippen molar-refractivity contribution >= 4 is 6.09 Å². The Balaban J connectivity index is 1.87. The van der Waals surface area contributed by atoms with E-state index in [1.807, 2.05) is 42.5 Å². The third-order valence-corrected chi connectivity index (χ3v) is 3.63. The van der Waals surface area contributed by atoms with Gasteiger partial charge in [0.25, 0.3) is 0 Å². The Hall–Kier alpha value is -2.56. The van der Waals surface area contributed by atoms with Crippen LogP contribution >= 0.6 is 0 Å². The van der Waals surface area contributed by atoms with Gasteiger partial charge in [-0.1, -0.05) is 30.3 Å². The van der Waals surface area contributed by atoms with E-state index in [0.717, 1.165) is 17.0 Å². The topological polar surface area (TPSA) is 71.5 Å². The number of nitrogens with zero attached hydrogens (tertiary/aromatic N) is 1. The zero-order valence-corrected chi connectivity index (χ0v) is 11.4. The van der Waals surface area contributed by atoms with Crippen LogP contribution in [0.1, 0.15) is 29.7 Å². The first-order chi connectivity index (χ1) is 10.2. The molecule has 2 N–H and O–H groups in total. The minimum atomic E-state index is -1.02. The number of nitrogens with one attached hydrogen (secondary N) is 1. The smallest absolute Gasteiger partial charge is 0.404 e. The van der Waals surface area contributed by atoms with E-state index in [2.05, 4.69) is 10.3 Å². The molecule has 0 fully saturated rings. The van der Waals surface area contributed by atoms with E-state index in [1.54, 1.807) is 6.20 Å². The van der Waals surface area contributed by atoms with Crippen molar-refractivity contribution in [1.82, 2.24) is 10.3 Å². The fourth-order valence-corrected chi connectivity index (χ4v) is 2.64.